The molecule has 0 saturated heterocycles. The Balaban J connectivity index is 1.55. The van der Waals surface area contributed by atoms with Gasteiger partial charge in [-0.2, -0.15) is 0 Å². The minimum atomic E-state index is -0.116. The summed E-state index contributed by atoms with van der Waals surface area (Å²) >= 11 is 0. The minimum Gasteiger partial charge on any atom is -0.393 e. The highest BCUT2D eigenvalue weighted by Gasteiger charge is 2.69. The van der Waals surface area contributed by atoms with Gasteiger partial charge in [0.1, 0.15) is 0 Å². The van der Waals surface area contributed by atoms with Crippen molar-refractivity contribution < 1.29 is 5.11 Å². The van der Waals surface area contributed by atoms with E-state index in [1.54, 1.807) is 5.57 Å². The highest BCUT2D eigenvalue weighted by atomic mass is 16.3. The normalized spacial score (nSPS) is 58.3. The van der Waals surface area contributed by atoms with E-state index < -0.39 is 0 Å². The molecule has 0 heterocycles. The number of aliphatic hydroxyl groups is 1. The van der Waals surface area contributed by atoms with Gasteiger partial charge in [0.25, 0.3) is 0 Å². The standard InChI is InChI=1S/C30H50O/c1-19-11-14-27(5)17-18-29(7)21(25(27)20(19)2)9-10-23-28(6)15-13-24(31)26(3,4)22(28)12-16-30(23,29)8/h11,20-25,31H,9-10,12-18H2,1-8H3/t20-,21-,22+,23-,24+,25+,27-,28+,29-,30-/m1/s1. The molecule has 0 aromatic heterocycles. The molecule has 0 aliphatic heterocycles. The lowest BCUT2D eigenvalue weighted by Gasteiger charge is -2.73. The summed E-state index contributed by atoms with van der Waals surface area (Å²) in [6, 6.07) is 0. The van der Waals surface area contributed by atoms with Gasteiger partial charge in [-0.3, -0.25) is 0 Å². The number of allylic oxidation sites excluding steroid dienone is 2. The maximum absolute atomic E-state index is 10.9. The Hall–Kier alpha value is -0.300. The summed E-state index contributed by atoms with van der Waals surface area (Å²) in [7, 11) is 0. The third-order valence-corrected chi connectivity index (χ3v) is 13.5. The molecule has 0 aromatic rings. The smallest absolute Gasteiger partial charge is 0.0594 e. The van der Waals surface area contributed by atoms with Gasteiger partial charge in [0.05, 0.1) is 6.10 Å². The van der Waals surface area contributed by atoms with E-state index in [0.29, 0.717) is 27.6 Å². The molecule has 0 unspecified atom stereocenters. The van der Waals surface area contributed by atoms with Crippen molar-refractivity contribution in [2.75, 3.05) is 0 Å². The van der Waals surface area contributed by atoms with Gasteiger partial charge in [-0.05, 0) is 121 Å². The first-order valence-electron chi connectivity index (χ1n) is 13.7. The van der Waals surface area contributed by atoms with Crippen LogP contribution in [0.5, 0.6) is 0 Å². The maximum Gasteiger partial charge on any atom is 0.0594 e. The number of hydrogen-bond acceptors (Lipinski definition) is 1. The van der Waals surface area contributed by atoms with Crippen LogP contribution < -0.4 is 0 Å². The molecule has 0 amide bonds. The van der Waals surface area contributed by atoms with Crippen molar-refractivity contribution in [3.63, 3.8) is 0 Å². The third-order valence-electron chi connectivity index (χ3n) is 13.5. The molecule has 5 aliphatic carbocycles. The molecule has 0 aromatic carbocycles. The zero-order chi connectivity index (χ0) is 22.6. The Bertz CT molecular complexity index is 779. The Labute approximate surface area is 192 Å². The zero-order valence-electron chi connectivity index (χ0n) is 21.9. The molecule has 31 heavy (non-hydrogen) atoms. The van der Waals surface area contributed by atoms with E-state index in [2.05, 4.69) is 61.5 Å². The van der Waals surface area contributed by atoms with Gasteiger partial charge in [-0.15, -0.1) is 0 Å². The number of aliphatic hydroxyl groups excluding tert-OH is 1. The van der Waals surface area contributed by atoms with Gasteiger partial charge >= 0.3 is 0 Å². The highest BCUT2D eigenvalue weighted by Crippen LogP contribution is 2.76. The fourth-order valence-corrected chi connectivity index (χ4v) is 11.3. The summed E-state index contributed by atoms with van der Waals surface area (Å²) < 4.78 is 0. The summed E-state index contributed by atoms with van der Waals surface area (Å²) in [6.45, 7) is 20.5. The van der Waals surface area contributed by atoms with Gasteiger partial charge in [-0.25, -0.2) is 0 Å². The molecule has 10 atom stereocenters. The van der Waals surface area contributed by atoms with Crippen LogP contribution in [0.1, 0.15) is 113 Å². The summed E-state index contributed by atoms with van der Waals surface area (Å²) in [5.74, 6) is 4.00. The van der Waals surface area contributed by atoms with Crippen molar-refractivity contribution in [1.82, 2.24) is 0 Å². The second kappa shape index (κ2) is 6.64. The number of fused-ring (bicyclic) bond motifs is 7. The first-order valence-corrected chi connectivity index (χ1v) is 13.7. The average Bonchev–Trinajstić information content (AvgIpc) is 2.69. The Morgan fingerprint density at radius 2 is 1.52 bits per heavy atom. The molecule has 176 valence electrons. The fraction of sp³-hybridized carbons (Fsp3) is 0.933. The molecule has 4 saturated carbocycles. The van der Waals surface area contributed by atoms with Gasteiger partial charge in [0.15, 0.2) is 0 Å². The lowest BCUT2D eigenvalue weighted by molar-refractivity contribution is -0.250. The molecule has 4 fully saturated rings. The number of hydrogen-bond donors (Lipinski definition) is 1. The molecule has 0 bridgehead atoms. The predicted octanol–water partition coefficient (Wildman–Crippen LogP) is 8.02. The van der Waals surface area contributed by atoms with Crippen LogP contribution in [0, 0.1) is 56.7 Å². The molecule has 1 N–H and O–H groups in total. The van der Waals surface area contributed by atoms with Crippen LogP contribution in [0.25, 0.3) is 0 Å². The lowest BCUT2D eigenvalue weighted by atomic mass is 9.31. The van der Waals surface area contributed by atoms with Crippen molar-refractivity contribution in [3.8, 4) is 0 Å². The van der Waals surface area contributed by atoms with Gasteiger partial charge < -0.3 is 5.11 Å². The molecular formula is C30H50O. The largest absolute Gasteiger partial charge is 0.393 e. The van der Waals surface area contributed by atoms with E-state index in [0.717, 1.165) is 30.1 Å². The van der Waals surface area contributed by atoms with E-state index in [-0.39, 0.29) is 11.5 Å². The molecule has 5 aliphatic rings. The topological polar surface area (TPSA) is 20.2 Å². The molecule has 1 nitrogen and oxygen atoms in total. The average molecular weight is 427 g/mol. The Morgan fingerprint density at radius 3 is 2.23 bits per heavy atom. The Kier molecular flexibility index (Phi) is 4.82. The van der Waals surface area contributed by atoms with Crippen LogP contribution in [0.3, 0.4) is 0 Å². The molecule has 5 rings (SSSR count). The van der Waals surface area contributed by atoms with Gasteiger partial charge in [-0.1, -0.05) is 60.1 Å². The molecule has 0 radical (unpaired) electrons. The SMILES string of the molecule is CC1=CC[C@]2(C)CC[C@]3(C)[C@H](CC[C@@H]4[C@@]5(C)CC[C@H](O)C(C)(C)[C@@H]5CC[C@]43C)[C@@H]2[C@@H]1C. The van der Waals surface area contributed by atoms with Crippen molar-refractivity contribution in [2.24, 2.45) is 56.7 Å². The second-order valence-corrected chi connectivity index (χ2v) is 14.7. The van der Waals surface area contributed by atoms with Crippen LogP contribution in [-0.2, 0) is 0 Å². The van der Waals surface area contributed by atoms with Gasteiger partial charge in [0, 0.05) is 0 Å². The monoisotopic (exact) mass is 426 g/mol. The maximum atomic E-state index is 10.9. The molecule has 0 spiro atoms. The summed E-state index contributed by atoms with van der Waals surface area (Å²) in [5.41, 5.74) is 3.58. The van der Waals surface area contributed by atoms with Crippen molar-refractivity contribution >= 4 is 0 Å². The zero-order valence-corrected chi connectivity index (χ0v) is 21.9. The van der Waals surface area contributed by atoms with Crippen molar-refractivity contribution in [3.05, 3.63) is 11.6 Å². The first kappa shape index (κ1) is 22.5. The van der Waals surface area contributed by atoms with E-state index in [1.807, 2.05) is 0 Å². The highest BCUT2D eigenvalue weighted by molar-refractivity contribution is 5.22. The van der Waals surface area contributed by atoms with Crippen LogP contribution in [-0.4, -0.2) is 11.2 Å². The van der Waals surface area contributed by atoms with Crippen LogP contribution in [0.15, 0.2) is 11.6 Å². The minimum absolute atomic E-state index is 0.0665. The van der Waals surface area contributed by atoms with Gasteiger partial charge in [0.2, 0.25) is 0 Å². The Morgan fingerprint density at radius 1 is 0.806 bits per heavy atom. The van der Waals surface area contributed by atoms with E-state index >= 15 is 0 Å². The lowest BCUT2D eigenvalue weighted by Crippen LogP contribution is -2.67. The number of rotatable bonds is 0. The first-order chi connectivity index (χ1) is 14.3. The van der Waals surface area contributed by atoms with Crippen LogP contribution in [0.2, 0.25) is 0 Å². The molecular weight excluding hydrogens is 376 g/mol. The second-order valence-electron chi connectivity index (χ2n) is 14.7. The fourth-order valence-electron chi connectivity index (χ4n) is 11.3. The van der Waals surface area contributed by atoms with E-state index in [9.17, 15) is 5.11 Å². The summed E-state index contributed by atoms with van der Waals surface area (Å²) in [4.78, 5) is 0. The quantitative estimate of drug-likeness (QED) is 0.389. The predicted molar refractivity (Wildman–Crippen MR) is 131 cm³/mol. The van der Waals surface area contributed by atoms with E-state index in [4.69, 9.17) is 0 Å². The van der Waals surface area contributed by atoms with Crippen molar-refractivity contribution in [1.29, 1.82) is 0 Å². The third kappa shape index (κ3) is 2.65. The molecule has 1 heteroatoms. The van der Waals surface area contributed by atoms with E-state index in [1.165, 1.54) is 51.4 Å². The summed E-state index contributed by atoms with van der Waals surface area (Å²) in [5, 5.41) is 10.9. The van der Waals surface area contributed by atoms with Crippen LogP contribution >= 0.6 is 0 Å². The van der Waals surface area contributed by atoms with Crippen molar-refractivity contribution in [2.45, 2.75) is 119 Å². The summed E-state index contributed by atoms with van der Waals surface area (Å²) in [6.07, 6.45) is 14.5. The van der Waals surface area contributed by atoms with Crippen LogP contribution in [0.4, 0.5) is 0 Å².